The van der Waals surface area contributed by atoms with Gasteiger partial charge in [-0.05, 0) is 31.4 Å². The molecule has 0 aliphatic heterocycles. The number of methoxy groups -OCH3 is 1. The molecule has 0 aliphatic carbocycles. The summed E-state index contributed by atoms with van der Waals surface area (Å²) < 4.78 is 18.7. The zero-order chi connectivity index (χ0) is 12.1. The number of ether oxygens (including phenoxy) is 1. The smallest absolute Gasteiger partial charge is 0.128 e. The van der Waals surface area contributed by atoms with Crippen molar-refractivity contribution in [3.63, 3.8) is 0 Å². The molecular formula is C13H20FNO. The molecule has 2 nitrogen and oxygen atoms in total. The molecule has 2 N–H and O–H groups in total. The summed E-state index contributed by atoms with van der Waals surface area (Å²) in [6.45, 7) is 4.23. The lowest BCUT2D eigenvalue weighted by Crippen LogP contribution is -2.07. The van der Waals surface area contributed by atoms with Gasteiger partial charge < -0.3 is 10.5 Å². The topological polar surface area (TPSA) is 35.2 Å². The van der Waals surface area contributed by atoms with Crippen LogP contribution in [0.25, 0.3) is 0 Å². The third kappa shape index (κ3) is 2.73. The van der Waals surface area contributed by atoms with Crippen molar-refractivity contribution in [1.29, 1.82) is 0 Å². The van der Waals surface area contributed by atoms with Crippen LogP contribution in [0.1, 0.15) is 43.5 Å². The van der Waals surface area contributed by atoms with Crippen LogP contribution in [0.5, 0.6) is 5.75 Å². The molecule has 0 saturated heterocycles. The second-order valence-corrected chi connectivity index (χ2v) is 4.06. The molecule has 3 heteroatoms. The first-order chi connectivity index (χ1) is 7.61. The van der Waals surface area contributed by atoms with Gasteiger partial charge in [-0.2, -0.15) is 0 Å². The summed E-state index contributed by atoms with van der Waals surface area (Å²) in [5.74, 6) is 0.956. The Kier molecular flexibility index (Phi) is 4.74. The highest BCUT2D eigenvalue weighted by Crippen LogP contribution is 2.35. The Morgan fingerprint density at radius 2 is 1.94 bits per heavy atom. The fourth-order valence-corrected chi connectivity index (χ4v) is 1.92. The number of para-hydroxylation sites is 1. The highest BCUT2D eigenvalue weighted by Gasteiger charge is 2.17. The summed E-state index contributed by atoms with van der Waals surface area (Å²) in [6.07, 6.45) is -0.138. The Hall–Kier alpha value is -1.09. The zero-order valence-corrected chi connectivity index (χ0v) is 10.2. The average Bonchev–Trinajstić information content (AvgIpc) is 2.28. The molecule has 1 aromatic carbocycles. The maximum atomic E-state index is 13.4. The SMILES string of the molecule is COc1c(C(C)F)cccc1C(C)CCN. The van der Waals surface area contributed by atoms with E-state index in [0.717, 1.165) is 12.0 Å². The van der Waals surface area contributed by atoms with E-state index in [-0.39, 0.29) is 0 Å². The largest absolute Gasteiger partial charge is 0.496 e. The van der Waals surface area contributed by atoms with Crippen LogP contribution >= 0.6 is 0 Å². The van der Waals surface area contributed by atoms with Crippen molar-refractivity contribution in [3.8, 4) is 5.75 Å². The summed E-state index contributed by atoms with van der Waals surface area (Å²) in [6, 6.07) is 5.61. The van der Waals surface area contributed by atoms with Gasteiger partial charge in [0.15, 0.2) is 0 Å². The molecular weight excluding hydrogens is 205 g/mol. The standard InChI is InChI=1S/C13H20FNO/c1-9(7-8-15)11-5-4-6-12(10(2)14)13(11)16-3/h4-6,9-10H,7-8,15H2,1-3H3. The quantitative estimate of drug-likeness (QED) is 0.835. The zero-order valence-electron chi connectivity index (χ0n) is 10.2. The molecule has 16 heavy (non-hydrogen) atoms. The maximum absolute atomic E-state index is 13.4. The summed E-state index contributed by atoms with van der Waals surface area (Å²) >= 11 is 0. The van der Waals surface area contributed by atoms with E-state index in [4.69, 9.17) is 10.5 Å². The molecule has 2 atom stereocenters. The van der Waals surface area contributed by atoms with E-state index in [9.17, 15) is 4.39 Å². The van der Waals surface area contributed by atoms with Crippen LogP contribution < -0.4 is 10.5 Å². The molecule has 0 radical (unpaired) electrons. The van der Waals surface area contributed by atoms with Gasteiger partial charge in [-0.1, -0.05) is 25.1 Å². The molecule has 0 fully saturated rings. The molecule has 1 aromatic rings. The van der Waals surface area contributed by atoms with Crippen LogP contribution in [0, 0.1) is 0 Å². The lowest BCUT2D eigenvalue weighted by atomic mass is 9.94. The first-order valence-corrected chi connectivity index (χ1v) is 5.62. The number of hydrogen-bond acceptors (Lipinski definition) is 2. The predicted molar refractivity (Wildman–Crippen MR) is 64.6 cm³/mol. The predicted octanol–water partition coefficient (Wildman–Crippen LogP) is 3.18. The van der Waals surface area contributed by atoms with E-state index in [2.05, 4.69) is 6.92 Å². The highest BCUT2D eigenvalue weighted by molar-refractivity contribution is 5.44. The van der Waals surface area contributed by atoms with Gasteiger partial charge >= 0.3 is 0 Å². The Bertz CT molecular complexity index is 339. The molecule has 90 valence electrons. The maximum Gasteiger partial charge on any atom is 0.128 e. The lowest BCUT2D eigenvalue weighted by Gasteiger charge is -2.18. The molecule has 0 bridgehead atoms. The summed E-state index contributed by atoms with van der Waals surface area (Å²) in [7, 11) is 1.58. The van der Waals surface area contributed by atoms with E-state index < -0.39 is 6.17 Å². The van der Waals surface area contributed by atoms with Gasteiger partial charge in [-0.3, -0.25) is 0 Å². The van der Waals surface area contributed by atoms with Crippen molar-refractivity contribution in [2.24, 2.45) is 5.73 Å². The van der Waals surface area contributed by atoms with E-state index >= 15 is 0 Å². The monoisotopic (exact) mass is 225 g/mol. The van der Waals surface area contributed by atoms with E-state index in [1.54, 1.807) is 13.2 Å². The third-order valence-corrected chi connectivity index (χ3v) is 2.84. The third-order valence-electron chi connectivity index (χ3n) is 2.84. The molecule has 0 heterocycles. The number of alkyl halides is 1. The van der Waals surface area contributed by atoms with Crippen LogP contribution in [0.3, 0.4) is 0 Å². The average molecular weight is 225 g/mol. The van der Waals surface area contributed by atoms with Gasteiger partial charge in [0.2, 0.25) is 0 Å². The van der Waals surface area contributed by atoms with Crippen molar-refractivity contribution >= 4 is 0 Å². The minimum absolute atomic E-state index is 0.290. The molecule has 0 aromatic heterocycles. The minimum atomic E-state index is -1.01. The second kappa shape index (κ2) is 5.85. The van der Waals surface area contributed by atoms with E-state index in [1.807, 2.05) is 12.1 Å². The van der Waals surface area contributed by atoms with Crippen LogP contribution in [0.2, 0.25) is 0 Å². The number of benzene rings is 1. The van der Waals surface area contributed by atoms with Gasteiger partial charge in [0.1, 0.15) is 11.9 Å². The molecule has 0 spiro atoms. The van der Waals surface area contributed by atoms with Gasteiger partial charge in [0.05, 0.1) is 7.11 Å². The first-order valence-electron chi connectivity index (χ1n) is 5.62. The van der Waals surface area contributed by atoms with Crippen molar-refractivity contribution in [3.05, 3.63) is 29.3 Å². The van der Waals surface area contributed by atoms with Gasteiger partial charge in [0.25, 0.3) is 0 Å². The summed E-state index contributed by atoms with van der Waals surface area (Å²) in [5.41, 5.74) is 7.19. The van der Waals surface area contributed by atoms with E-state index in [0.29, 0.717) is 23.8 Å². The molecule has 0 amide bonds. The van der Waals surface area contributed by atoms with E-state index in [1.165, 1.54) is 6.92 Å². The Labute approximate surface area is 96.6 Å². The minimum Gasteiger partial charge on any atom is -0.496 e. The number of nitrogens with two attached hydrogens (primary N) is 1. The van der Waals surface area contributed by atoms with Crippen molar-refractivity contribution < 1.29 is 9.13 Å². The molecule has 1 rings (SSSR count). The fourth-order valence-electron chi connectivity index (χ4n) is 1.92. The summed E-state index contributed by atoms with van der Waals surface area (Å²) in [4.78, 5) is 0. The van der Waals surface area contributed by atoms with Crippen molar-refractivity contribution in [2.75, 3.05) is 13.7 Å². The Balaban J connectivity index is 3.13. The molecule has 0 aliphatic rings. The van der Waals surface area contributed by atoms with Crippen LogP contribution in [-0.2, 0) is 0 Å². The highest BCUT2D eigenvalue weighted by atomic mass is 19.1. The summed E-state index contributed by atoms with van der Waals surface area (Å²) in [5, 5.41) is 0. The molecule has 0 saturated carbocycles. The fraction of sp³-hybridized carbons (Fsp3) is 0.538. The van der Waals surface area contributed by atoms with Crippen molar-refractivity contribution in [2.45, 2.75) is 32.4 Å². The van der Waals surface area contributed by atoms with Gasteiger partial charge in [-0.15, -0.1) is 0 Å². The van der Waals surface area contributed by atoms with Crippen molar-refractivity contribution in [1.82, 2.24) is 0 Å². The van der Waals surface area contributed by atoms with Gasteiger partial charge in [0, 0.05) is 5.56 Å². The number of hydrogen-bond donors (Lipinski definition) is 1. The Morgan fingerprint density at radius 1 is 1.31 bits per heavy atom. The first kappa shape index (κ1) is 13.0. The van der Waals surface area contributed by atoms with Crippen LogP contribution in [0.4, 0.5) is 4.39 Å². The normalized spacial score (nSPS) is 14.6. The Morgan fingerprint density at radius 3 is 2.44 bits per heavy atom. The van der Waals surface area contributed by atoms with Gasteiger partial charge in [-0.25, -0.2) is 4.39 Å². The number of halogens is 1. The van der Waals surface area contributed by atoms with Crippen LogP contribution in [-0.4, -0.2) is 13.7 Å². The van der Waals surface area contributed by atoms with Crippen LogP contribution in [0.15, 0.2) is 18.2 Å². The number of rotatable bonds is 5. The molecule has 2 unspecified atom stereocenters. The second-order valence-electron chi connectivity index (χ2n) is 4.06. The lowest BCUT2D eigenvalue weighted by molar-refractivity contribution is 0.343.